The van der Waals surface area contributed by atoms with E-state index in [1.54, 1.807) is 4.90 Å². The van der Waals surface area contributed by atoms with Crippen molar-refractivity contribution in [3.8, 4) is 0 Å². The molecule has 8 nitrogen and oxygen atoms in total. The van der Waals surface area contributed by atoms with Gasteiger partial charge in [-0.15, -0.1) is 0 Å². The van der Waals surface area contributed by atoms with E-state index >= 15 is 0 Å². The van der Waals surface area contributed by atoms with Crippen LogP contribution in [0, 0.1) is 0 Å². The van der Waals surface area contributed by atoms with E-state index in [4.69, 9.17) is 11.5 Å². The van der Waals surface area contributed by atoms with Crippen molar-refractivity contribution in [3.05, 3.63) is 0 Å². The predicted octanol–water partition coefficient (Wildman–Crippen LogP) is -2.14. The molecule has 120 valence electrons. The summed E-state index contributed by atoms with van der Waals surface area (Å²) in [5, 5.41) is 2.82. The molecule has 1 aliphatic rings. The second-order valence-corrected chi connectivity index (χ2v) is 5.23. The van der Waals surface area contributed by atoms with Crippen molar-refractivity contribution in [2.75, 3.05) is 39.3 Å². The quantitative estimate of drug-likeness (QED) is 0.495. The first-order valence-corrected chi connectivity index (χ1v) is 7.25. The fourth-order valence-corrected chi connectivity index (χ4v) is 2.19. The SMILES string of the molecule is CCCNC(=O)CN1CCN(C(=O)C(N)CC(N)=O)CC1. The first-order chi connectivity index (χ1) is 9.93. The molecule has 0 saturated carbocycles. The number of hydrogen-bond donors (Lipinski definition) is 3. The van der Waals surface area contributed by atoms with Crippen LogP contribution in [0.1, 0.15) is 19.8 Å². The second-order valence-electron chi connectivity index (χ2n) is 5.23. The average Bonchev–Trinajstić information content (AvgIpc) is 2.44. The van der Waals surface area contributed by atoms with Gasteiger partial charge in [0.25, 0.3) is 0 Å². The second kappa shape index (κ2) is 8.58. The summed E-state index contributed by atoms with van der Waals surface area (Å²) in [5.41, 5.74) is 10.7. The van der Waals surface area contributed by atoms with E-state index in [1.807, 2.05) is 11.8 Å². The number of rotatable bonds is 7. The molecular formula is C13H25N5O3. The van der Waals surface area contributed by atoms with Crippen LogP contribution < -0.4 is 16.8 Å². The normalized spacial score (nSPS) is 17.3. The first kappa shape index (κ1) is 17.4. The van der Waals surface area contributed by atoms with Gasteiger partial charge in [0, 0.05) is 32.7 Å². The van der Waals surface area contributed by atoms with Gasteiger partial charge in [-0.25, -0.2) is 0 Å². The molecule has 1 saturated heterocycles. The van der Waals surface area contributed by atoms with Crippen LogP contribution in [0.5, 0.6) is 0 Å². The molecule has 1 heterocycles. The Balaban J connectivity index is 2.33. The molecule has 21 heavy (non-hydrogen) atoms. The number of nitrogens with two attached hydrogens (primary N) is 2. The molecule has 1 fully saturated rings. The Bertz CT molecular complexity index is 380. The summed E-state index contributed by atoms with van der Waals surface area (Å²) in [4.78, 5) is 38.0. The monoisotopic (exact) mass is 299 g/mol. The summed E-state index contributed by atoms with van der Waals surface area (Å²) in [6, 6.07) is -0.873. The van der Waals surface area contributed by atoms with Gasteiger partial charge in [0.15, 0.2) is 0 Å². The molecule has 0 aliphatic carbocycles. The average molecular weight is 299 g/mol. The molecular weight excluding hydrogens is 274 g/mol. The van der Waals surface area contributed by atoms with Gasteiger partial charge in [0.05, 0.1) is 19.0 Å². The van der Waals surface area contributed by atoms with Crippen LogP contribution in [0.15, 0.2) is 0 Å². The Morgan fingerprint density at radius 2 is 1.81 bits per heavy atom. The van der Waals surface area contributed by atoms with Crippen LogP contribution >= 0.6 is 0 Å². The minimum Gasteiger partial charge on any atom is -0.370 e. The Labute approximate surface area is 124 Å². The van der Waals surface area contributed by atoms with E-state index in [0.717, 1.165) is 6.42 Å². The maximum Gasteiger partial charge on any atom is 0.240 e. The first-order valence-electron chi connectivity index (χ1n) is 7.25. The van der Waals surface area contributed by atoms with Gasteiger partial charge >= 0.3 is 0 Å². The molecule has 1 atom stereocenters. The highest BCUT2D eigenvalue weighted by molar-refractivity contribution is 5.87. The lowest BCUT2D eigenvalue weighted by Gasteiger charge is -2.35. The van der Waals surface area contributed by atoms with Gasteiger partial charge in [-0.1, -0.05) is 6.92 Å². The Morgan fingerprint density at radius 3 is 2.33 bits per heavy atom. The Morgan fingerprint density at radius 1 is 1.19 bits per heavy atom. The van der Waals surface area contributed by atoms with E-state index in [1.165, 1.54) is 0 Å². The molecule has 1 aliphatic heterocycles. The van der Waals surface area contributed by atoms with E-state index < -0.39 is 11.9 Å². The van der Waals surface area contributed by atoms with E-state index in [2.05, 4.69) is 5.32 Å². The number of piperazine rings is 1. The predicted molar refractivity (Wildman–Crippen MR) is 78.1 cm³/mol. The van der Waals surface area contributed by atoms with Crippen molar-refractivity contribution < 1.29 is 14.4 Å². The van der Waals surface area contributed by atoms with Gasteiger partial charge in [0.2, 0.25) is 17.7 Å². The fourth-order valence-electron chi connectivity index (χ4n) is 2.19. The van der Waals surface area contributed by atoms with Crippen LogP contribution in [-0.2, 0) is 14.4 Å². The minimum atomic E-state index is -0.873. The smallest absolute Gasteiger partial charge is 0.240 e. The van der Waals surface area contributed by atoms with Crippen molar-refractivity contribution in [2.45, 2.75) is 25.8 Å². The third kappa shape index (κ3) is 6.09. The number of amides is 3. The van der Waals surface area contributed by atoms with Crippen molar-refractivity contribution in [3.63, 3.8) is 0 Å². The van der Waals surface area contributed by atoms with Gasteiger partial charge in [-0.3, -0.25) is 19.3 Å². The molecule has 8 heteroatoms. The van der Waals surface area contributed by atoms with Gasteiger partial charge < -0.3 is 21.7 Å². The molecule has 0 aromatic rings. The topological polar surface area (TPSA) is 122 Å². The number of nitrogens with one attached hydrogen (secondary N) is 1. The van der Waals surface area contributed by atoms with Gasteiger partial charge in [-0.05, 0) is 6.42 Å². The summed E-state index contributed by atoms with van der Waals surface area (Å²) in [5.74, 6) is -0.840. The number of carbonyl (C=O) groups excluding carboxylic acids is 3. The van der Waals surface area contributed by atoms with Crippen molar-refractivity contribution in [1.82, 2.24) is 15.1 Å². The zero-order chi connectivity index (χ0) is 15.8. The number of carbonyl (C=O) groups is 3. The summed E-state index contributed by atoms with van der Waals surface area (Å²) in [6.45, 7) is 5.27. The minimum absolute atomic E-state index is 0.00190. The molecule has 1 unspecified atom stereocenters. The maximum absolute atomic E-state index is 12.0. The third-order valence-corrected chi connectivity index (χ3v) is 3.36. The highest BCUT2D eigenvalue weighted by Gasteiger charge is 2.26. The van der Waals surface area contributed by atoms with E-state index in [9.17, 15) is 14.4 Å². The van der Waals surface area contributed by atoms with Crippen LogP contribution in [0.3, 0.4) is 0 Å². The van der Waals surface area contributed by atoms with Crippen LogP contribution in [-0.4, -0.2) is 72.8 Å². The van der Waals surface area contributed by atoms with E-state index in [-0.39, 0.29) is 18.2 Å². The van der Waals surface area contributed by atoms with Crippen LogP contribution in [0.2, 0.25) is 0 Å². The lowest BCUT2D eigenvalue weighted by atomic mass is 10.1. The highest BCUT2D eigenvalue weighted by atomic mass is 16.2. The number of primary amides is 1. The standard InChI is InChI=1S/C13H25N5O3/c1-2-3-16-12(20)9-17-4-6-18(7-5-17)13(21)10(14)8-11(15)19/h10H,2-9,14H2,1H3,(H2,15,19)(H,16,20). The van der Waals surface area contributed by atoms with Gasteiger partial charge in [-0.2, -0.15) is 0 Å². The van der Waals surface area contributed by atoms with Crippen LogP contribution in [0.4, 0.5) is 0 Å². The Hall–Kier alpha value is -1.67. The molecule has 5 N–H and O–H groups in total. The number of nitrogens with zero attached hydrogens (tertiary/aromatic N) is 2. The van der Waals surface area contributed by atoms with Crippen molar-refractivity contribution >= 4 is 17.7 Å². The molecule has 0 spiro atoms. The maximum atomic E-state index is 12.0. The summed E-state index contributed by atoms with van der Waals surface area (Å²) >= 11 is 0. The lowest BCUT2D eigenvalue weighted by Crippen LogP contribution is -2.55. The molecule has 0 bridgehead atoms. The zero-order valence-corrected chi connectivity index (χ0v) is 12.5. The molecule has 0 radical (unpaired) electrons. The van der Waals surface area contributed by atoms with Crippen LogP contribution in [0.25, 0.3) is 0 Å². The third-order valence-electron chi connectivity index (χ3n) is 3.36. The number of hydrogen-bond acceptors (Lipinski definition) is 5. The van der Waals surface area contributed by atoms with Crippen molar-refractivity contribution in [2.24, 2.45) is 11.5 Å². The summed E-state index contributed by atoms with van der Waals surface area (Å²) in [6.07, 6.45) is 0.768. The fraction of sp³-hybridized carbons (Fsp3) is 0.769. The largest absolute Gasteiger partial charge is 0.370 e. The van der Waals surface area contributed by atoms with Gasteiger partial charge in [0.1, 0.15) is 0 Å². The summed E-state index contributed by atoms with van der Waals surface area (Å²) < 4.78 is 0. The van der Waals surface area contributed by atoms with E-state index in [0.29, 0.717) is 39.3 Å². The molecule has 3 amide bonds. The summed E-state index contributed by atoms with van der Waals surface area (Å²) in [7, 11) is 0. The highest BCUT2D eigenvalue weighted by Crippen LogP contribution is 2.04. The zero-order valence-electron chi connectivity index (χ0n) is 12.5. The molecule has 1 rings (SSSR count). The molecule has 0 aromatic heterocycles. The lowest BCUT2D eigenvalue weighted by molar-refractivity contribution is -0.136. The molecule has 0 aromatic carbocycles. The van der Waals surface area contributed by atoms with Crippen molar-refractivity contribution in [1.29, 1.82) is 0 Å². The Kier molecular flexibility index (Phi) is 7.10.